The van der Waals surface area contributed by atoms with Crippen molar-refractivity contribution < 1.29 is 0 Å². The van der Waals surface area contributed by atoms with Gasteiger partial charge in [-0.2, -0.15) is 5.10 Å². The molecule has 2 heterocycles. The zero-order chi connectivity index (χ0) is 13.4. The number of nitrogens with zero attached hydrogens (tertiary/aromatic N) is 3. The predicted octanol–water partition coefficient (Wildman–Crippen LogP) is 2.79. The average Bonchev–Trinajstić information content (AvgIpc) is 2.80. The van der Waals surface area contributed by atoms with E-state index in [1.165, 1.54) is 16.0 Å². The normalized spacial score (nSPS) is 10.8. The summed E-state index contributed by atoms with van der Waals surface area (Å²) in [6.45, 7) is 0. The maximum Gasteiger partial charge on any atom is 0.286 e. The third-order valence-electron chi connectivity index (χ3n) is 2.61. The number of thiazole rings is 1. The molecule has 0 spiro atoms. The Morgan fingerprint density at radius 3 is 2.95 bits per heavy atom. The molecule has 1 aromatic carbocycles. The van der Waals surface area contributed by atoms with Crippen LogP contribution in [0.1, 0.15) is 0 Å². The van der Waals surface area contributed by atoms with Gasteiger partial charge in [0.05, 0.1) is 16.9 Å². The van der Waals surface area contributed by atoms with Crippen LogP contribution >= 0.6 is 22.9 Å². The lowest BCUT2D eigenvalue weighted by molar-refractivity contribution is 0.719. The fourth-order valence-corrected chi connectivity index (χ4v) is 2.75. The van der Waals surface area contributed by atoms with Gasteiger partial charge in [0, 0.05) is 7.05 Å². The third-order valence-corrected chi connectivity index (χ3v) is 3.91. The van der Waals surface area contributed by atoms with Gasteiger partial charge in [-0.25, -0.2) is 9.67 Å². The molecule has 96 valence electrons. The van der Waals surface area contributed by atoms with E-state index in [1.54, 1.807) is 19.3 Å². The van der Waals surface area contributed by atoms with E-state index in [-0.39, 0.29) is 5.56 Å². The molecule has 0 amide bonds. The molecule has 5 nitrogen and oxygen atoms in total. The summed E-state index contributed by atoms with van der Waals surface area (Å²) in [6.07, 6.45) is 1.57. The Hall–Kier alpha value is -1.92. The second-order valence-electron chi connectivity index (χ2n) is 3.91. The van der Waals surface area contributed by atoms with Gasteiger partial charge in [-0.3, -0.25) is 4.79 Å². The van der Waals surface area contributed by atoms with Crippen molar-refractivity contribution in [3.8, 4) is 0 Å². The van der Waals surface area contributed by atoms with Gasteiger partial charge >= 0.3 is 0 Å². The lowest BCUT2D eigenvalue weighted by Gasteiger charge is -2.03. The average molecular weight is 293 g/mol. The van der Waals surface area contributed by atoms with Crippen LogP contribution in [0.2, 0.25) is 5.02 Å². The van der Waals surface area contributed by atoms with Crippen LogP contribution in [0, 0.1) is 0 Å². The lowest BCUT2D eigenvalue weighted by Crippen LogP contribution is -2.17. The summed E-state index contributed by atoms with van der Waals surface area (Å²) >= 11 is 7.35. The van der Waals surface area contributed by atoms with Crippen LogP contribution in [-0.4, -0.2) is 14.8 Å². The van der Waals surface area contributed by atoms with Gasteiger partial charge in [0.25, 0.3) is 5.56 Å². The van der Waals surface area contributed by atoms with Crippen LogP contribution in [0.4, 0.5) is 10.8 Å². The standard InChI is InChI=1S/C12H9ClN4OS/c1-17-11(18)10-9(6-14-17)16-12(19-10)15-8-5-3-2-4-7(8)13/h2-6H,1H3,(H,15,16). The molecule has 0 radical (unpaired) electrons. The van der Waals surface area contributed by atoms with Gasteiger partial charge in [0.15, 0.2) is 5.13 Å². The van der Waals surface area contributed by atoms with E-state index in [9.17, 15) is 4.79 Å². The molecular weight excluding hydrogens is 284 g/mol. The first-order chi connectivity index (χ1) is 9.15. The van der Waals surface area contributed by atoms with Crippen molar-refractivity contribution in [2.24, 2.45) is 7.05 Å². The molecule has 1 N–H and O–H groups in total. The monoisotopic (exact) mass is 292 g/mol. The minimum atomic E-state index is -0.151. The smallest absolute Gasteiger partial charge is 0.286 e. The van der Waals surface area contributed by atoms with E-state index in [0.717, 1.165) is 5.69 Å². The van der Waals surface area contributed by atoms with E-state index < -0.39 is 0 Å². The number of hydrogen-bond acceptors (Lipinski definition) is 5. The van der Waals surface area contributed by atoms with Crippen molar-refractivity contribution in [2.45, 2.75) is 0 Å². The Labute approximate surface area is 117 Å². The molecule has 2 aromatic heterocycles. The lowest BCUT2D eigenvalue weighted by atomic mass is 10.3. The number of aryl methyl sites for hydroxylation is 1. The van der Waals surface area contributed by atoms with Crippen molar-refractivity contribution in [2.75, 3.05) is 5.32 Å². The number of halogens is 1. The summed E-state index contributed by atoms with van der Waals surface area (Å²) in [5.41, 5.74) is 1.19. The van der Waals surface area contributed by atoms with Gasteiger partial charge in [-0.1, -0.05) is 35.1 Å². The number of para-hydroxylation sites is 1. The highest BCUT2D eigenvalue weighted by atomic mass is 35.5. The highest BCUT2D eigenvalue weighted by molar-refractivity contribution is 7.22. The Morgan fingerprint density at radius 2 is 2.16 bits per heavy atom. The SMILES string of the molecule is Cn1ncc2nc(Nc3ccccc3Cl)sc2c1=O. The molecule has 19 heavy (non-hydrogen) atoms. The number of nitrogens with one attached hydrogen (secondary N) is 1. The third kappa shape index (κ3) is 2.20. The minimum absolute atomic E-state index is 0.151. The van der Waals surface area contributed by atoms with Crippen LogP contribution in [0.25, 0.3) is 10.2 Å². The summed E-state index contributed by atoms with van der Waals surface area (Å²) in [5.74, 6) is 0. The van der Waals surface area contributed by atoms with Gasteiger partial charge in [0.2, 0.25) is 0 Å². The van der Waals surface area contributed by atoms with Crippen LogP contribution in [0.3, 0.4) is 0 Å². The molecule has 0 bridgehead atoms. The van der Waals surface area contributed by atoms with Crippen LogP contribution in [-0.2, 0) is 7.05 Å². The van der Waals surface area contributed by atoms with Crippen LogP contribution < -0.4 is 10.9 Å². The van der Waals surface area contributed by atoms with E-state index in [1.807, 2.05) is 18.2 Å². The fourth-order valence-electron chi connectivity index (χ4n) is 1.64. The highest BCUT2D eigenvalue weighted by Gasteiger charge is 2.10. The molecule has 3 aromatic rings. The zero-order valence-electron chi connectivity index (χ0n) is 9.92. The number of rotatable bonds is 2. The first-order valence-electron chi connectivity index (χ1n) is 5.49. The summed E-state index contributed by atoms with van der Waals surface area (Å²) in [6, 6.07) is 7.37. The van der Waals surface area contributed by atoms with Crippen molar-refractivity contribution in [3.63, 3.8) is 0 Å². The maximum atomic E-state index is 11.9. The highest BCUT2D eigenvalue weighted by Crippen LogP contribution is 2.29. The maximum absolute atomic E-state index is 11.9. The van der Waals surface area contributed by atoms with E-state index in [0.29, 0.717) is 20.4 Å². The van der Waals surface area contributed by atoms with Crippen molar-refractivity contribution in [3.05, 3.63) is 45.8 Å². The zero-order valence-corrected chi connectivity index (χ0v) is 11.5. The topological polar surface area (TPSA) is 59.8 Å². The van der Waals surface area contributed by atoms with Crippen LogP contribution in [0.5, 0.6) is 0 Å². The van der Waals surface area contributed by atoms with E-state index in [4.69, 9.17) is 11.6 Å². The number of fused-ring (bicyclic) bond motifs is 1. The van der Waals surface area contributed by atoms with E-state index in [2.05, 4.69) is 15.4 Å². The van der Waals surface area contributed by atoms with Gasteiger partial charge < -0.3 is 5.32 Å². The van der Waals surface area contributed by atoms with Crippen molar-refractivity contribution >= 4 is 44.0 Å². The Morgan fingerprint density at radius 1 is 1.37 bits per heavy atom. The molecule has 0 saturated heterocycles. The first kappa shape index (κ1) is 12.1. The van der Waals surface area contributed by atoms with Crippen LogP contribution in [0.15, 0.2) is 35.3 Å². The second-order valence-corrected chi connectivity index (χ2v) is 5.32. The van der Waals surface area contributed by atoms with Gasteiger partial charge in [-0.05, 0) is 12.1 Å². The molecule has 0 fully saturated rings. The Balaban J connectivity index is 2.05. The summed E-state index contributed by atoms with van der Waals surface area (Å²) < 4.78 is 1.87. The number of benzene rings is 1. The molecule has 0 aliphatic rings. The molecule has 3 rings (SSSR count). The molecule has 0 aliphatic heterocycles. The van der Waals surface area contributed by atoms with Crippen molar-refractivity contribution in [1.82, 2.24) is 14.8 Å². The predicted molar refractivity (Wildman–Crippen MR) is 77.4 cm³/mol. The second kappa shape index (κ2) is 4.64. The Kier molecular flexibility index (Phi) is 2.96. The quantitative estimate of drug-likeness (QED) is 0.789. The fraction of sp³-hybridized carbons (Fsp3) is 0.0833. The summed E-state index contributed by atoms with van der Waals surface area (Å²) in [5, 5.41) is 8.27. The molecule has 0 unspecified atom stereocenters. The summed E-state index contributed by atoms with van der Waals surface area (Å²) in [7, 11) is 1.61. The molecular formula is C12H9ClN4OS. The molecule has 0 aliphatic carbocycles. The number of aromatic nitrogens is 3. The Bertz CT molecular complexity index is 811. The van der Waals surface area contributed by atoms with Gasteiger partial charge in [-0.15, -0.1) is 0 Å². The van der Waals surface area contributed by atoms with Gasteiger partial charge in [0.1, 0.15) is 10.2 Å². The number of anilines is 2. The largest absolute Gasteiger partial charge is 0.330 e. The molecule has 0 atom stereocenters. The first-order valence-corrected chi connectivity index (χ1v) is 6.69. The number of hydrogen-bond donors (Lipinski definition) is 1. The van der Waals surface area contributed by atoms with E-state index >= 15 is 0 Å². The van der Waals surface area contributed by atoms with Crippen molar-refractivity contribution in [1.29, 1.82) is 0 Å². The summed E-state index contributed by atoms with van der Waals surface area (Å²) in [4.78, 5) is 16.2. The molecule has 0 saturated carbocycles. The minimum Gasteiger partial charge on any atom is -0.330 e. The molecule has 7 heteroatoms.